The molecule has 0 amide bonds. The average molecular weight is 337 g/mol. The van der Waals surface area contributed by atoms with E-state index in [1.54, 1.807) is 7.11 Å². The number of hydrogen-bond acceptors (Lipinski definition) is 3. The summed E-state index contributed by atoms with van der Waals surface area (Å²) < 4.78 is 10.4. The molecule has 0 radical (unpaired) electrons. The zero-order valence-electron chi connectivity index (χ0n) is 9.05. The number of rotatable bonds is 5. The molecular weight excluding hydrogens is 321 g/mol. The molecule has 0 aliphatic rings. The van der Waals surface area contributed by atoms with E-state index in [0.29, 0.717) is 13.2 Å². The van der Waals surface area contributed by atoms with Crippen molar-refractivity contribution in [3.05, 3.63) is 24.3 Å². The van der Waals surface area contributed by atoms with E-state index in [9.17, 15) is 0 Å². The lowest BCUT2D eigenvalue weighted by molar-refractivity contribution is 0.327. The van der Waals surface area contributed by atoms with E-state index in [4.69, 9.17) is 20.9 Å². The summed E-state index contributed by atoms with van der Waals surface area (Å²) in [5, 5.41) is 0. The van der Waals surface area contributed by atoms with Gasteiger partial charge in [0, 0.05) is 0 Å². The van der Waals surface area contributed by atoms with Crippen molar-refractivity contribution in [2.45, 2.75) is 0 Å². The predicted octanol–water partition coefficient (Wildman–Crippen LogP) is 0.965. The quantitative estimate of drug-likeness (QED) is 0.363. The first-order valence-corrected chi connectivity index (χ1v) is 4.54. The normalized spacial score (nSPS) is 8.81. The predicted molar refractivity (Wildman–Crippen MR) is 74.6 cm³/mol. The zero-order chi connectivity index (χ0) is 11.1. The number of benzene rings is 1. The van der Waals surface area contributed by atoms with Crippen LogP contribution in [0.4, 0.5) is 0 Å². The zero-order valence-corrected chi connectivity index (χ0v) is 11.4. The number of aliphatic imine (C=N–C) groups is 1. The molecular formula is C10H16IN3O2. The highest BCUT2D eigenvalue weighted by molar-refractivity contribution is 14.0. The van der Waals surface area contributed by atoms with Gasteiger partial charge in [0.1, 0.15) is 18.1 Å². The summed E-state index contributed by atoms with van der Waals surface area (Å²) in [7, 11) is 1.62. The third kappa shape index (κ3) is 5.64. The van der Waals surface area contributed by atoms with Crippen LogP contribution in [-0.4, -0.2) is 26.2 Å². The third-order valence-corrected chi connectivity index (χ3v) is 1.71. The molecule has 1 aromatic carbocycles. The van der Waals surface area contributed by atoms with Crippen LogP contribution >= 0.6 is 24.0 Å². The lowest BCUT2D eigenvalue weighted by atomic mass is 10.3. The molecule has 0 saturated carbocycles. The largest absolute Gasteiger partial charge is 0.497 e. The van der Waals surface area contributed by atoms with Crippen molar-refractivity contribution in [1.29, 1.82) is 0 Å². The Bertz CT molecular complexity index is 323. The van der Waals surface area contributed by atoms with Gasteiger partial charge in [-0.25, -0.2) is 0 Å². The lowest BCUT2D eigenvalue weighted by Crippen LogP contribution is -2.23. The minimum absolute atomic E-state index is 0. The molecule has 16 heavy (non-hydrogen) atoms. The Balaban J connectivity index is 0.00000225. The Kier molecular flexibility index (Phi) is 7.44. The molecule has 0 unspecified atom stereocenters. The Morgan fingerprint density at radius 2 is 1.75 bits per heavy atom. The van der Waals surface area contributed by atoms with Gasteiger partial charge < -0.3 is 20.9 Å². The Labute approximate surface area is 112 Å². The summed E-state index contributed by atoms with van der Waals surface area (Å²) in [6, 6.07) is 7.31. The average Bonchev–Trinajstić information content (AvgIpc) is 2.25. The van der Waals surface area contributed by atoms with Gasteiger partial charge in [0.2, 0.25) is 0 Å². The highest BCUT2D eigenvalue weighted by atomic mass is 127. The SMILES string of the molecule is COc1ccc(OCCN=C(N)N)cc1.I. The number of nitrogens with zero attached hydrogens (tertiary/aromatic N) is 1. The molecule has 0 atom stereocenters. The van der Waals surface area contributed by atoms with Crippen molar-refractivity contribution >= 4 is 29.9 Å². The van der Waals surface area contributed by atoms with Crippen molar-refractivity contribution in [3.63, 3.8) is 0 Å². The molecule has 0 bridgehead atoms. The second kappa shape index (κ2) is 8.03. The monoisotopic (exact) mass is 337 g/mol. The first-order valence-electron chi connectivity index (χ1n) is 4.54. The second-order valence-corrected chi connectivity index (χ2v) is 2.83. The number of ether oxygens (including phenoxy) is 2. The first kappa shape index (κ1) is 14.8. The standard InChI is InChI=1S/C10H15N3O2.HI/c1-14-8-2-4-9(5-3-8)15-7-6-13-10(11)12;/h2-5H,6-7H2,1H3,(H4,11,12,13);1H. The van der Waals surface area contributed by atoms with Crippen LogP contribution in [0.5, 0.6) is 11.5 Å². The van der Waals surface area contributed by atoms with E-state index in [1.807, 2.05) is 24.3 Å². The number of methoxy groups -OCH3 is 1. The van der Waals surface area contributed by atoms with Gasteiger partial charge in [0.05, 0.1) is 13.7 Å². The molecule has 6 heteroatoms. The summed E-state index contributed by atoms with van der Waals surface area (Å²) in [6.45, 7) is 0.901. The fourth-order valence-corrected chi connectivity index (χ4v) is 1.01. The smallest absolute Gasteiger partial charge is 0.186 e. The van der Waals surface area contributed by atoms with Gasteiger partial charge in [0.25, 0.3) is 0 Å². The van der Waals surface area contributed by atoms with Gasteiger partial charge in [-0.1, -0.05) is 0 Å². The Morgan fingerprint density at radius 1 is 1.19 bits per heavy atom. The number of halogens is 1. The van der Waals surface area contributed by atoms with Crippen LogP contribution in [0.3, 0.4) is 0 Å². The molecule has 0 fully saturated rings. The maximum absolute atomic E-state index is 5.38. The van der Waals surface area contributed by atoms with Crippen LogP contribution in [0.1, 0.15) is 0 Å². The summed E-state index contributed by atoms with van der Waals surface area (Å²) in [6.07, 6.45) is 0. The molecule has 0 saturated heterocycles. The van der Waals surface area contributed by atoms with Crippen LogP contribution < -0.4 is 20.9 Å². The van der Waals surface area contributed by atoms with Crippen LogP contribution in [0.2, 0.25) is 0 Å². The Hall–Kier alpha value is -1.18. The first-order chi connectivity index (χ1) is 7.22. The Morgan fingerprint density at radius 3 is 2.25 bits per heavy atom. The topological polar surface area (TPSA) is 82.9 Å². The number of hydrogen-bond donors (Lipinski definition) is 2. The van der Waals surface area contributed by atoms with Crippen molar-refractivity contribution in [1.82, 2.24) is 0 Å². The van der Waals surface area contributed by atoms with Gasteiger partial charge >= 0.3 is 0 Å². The second-order valence-electron chi connectivity index (χ2n) is 2.83. The summed E-state index contributed by atoms with van der Waals surface area (Å²) >= 11 is 0. The summed E-state index contributed by atoms with van der Waals surface area (Å²) in [4.78, 5) is 3.80. The van der Waals surface area contributed by atoms with E-state index >= 15 is 0 Å². The van der Waals surface area contributed by atoms with Crippen LogP contribution in [0.15, 0.2) is 29.3 Å². The molecule has 4 N–H and O–H groups in total. The summed E-state index contributed by atoms with van der Waals surface area (Å²) in [5.74, 6) is 1.64. The number of guanidine groups is 1. The van der Waals surface area contributed by atoms with E-state index < -0.39 is 0 Å². The highest BCUT2D eigenvalue weighted by Crippen LogP contribution is 2.16. The minimum Gasteiger partial charge on any atom is -0.497 e. The molecule has 1 rings (SSSR count). The van der Waals surface area contributed by atoms with Gasteiger partial charge in [0.15, 0.2) is 5.96 Å². The maximum Gasteiger partial charge on any atom is 0.186 e. The molecule has 1 aromatic rings. The molecule has 0 aromatic heterocycles. The van der Waals surface area contributed by atoms with Crippen molar-refractivity contribution in [3.8, 4) is 11.5 Å². The van der Waals surface area contributed by atoms with Gasteiger partial charge in [-0.2, -0.15) is 0 Å². The fourth-order valence-electron chi connectivity index (χ4n) is 1.01. The molecule has 0 aliphatic carbocycles. The molecule has 5 nitrogen and oxygen atoms in total. The number of nitrogens with two attached hydrogens (primary N) is 2. The van der Waals surface area contributed by atoms with Gasteiger partial charge in [-0.3, -0.25) is 4.99 Å². The van der Waals surface area contributed by atoms with E-state index in [0.717, 1.165) is 11.5 Å². The van der Waals surface area contributed by atoms with Crippen LogP contribution in [-0.2, 0) is 0 Å². The van der Waals surface area contributed by atoms with Crippen molar-refractivity contribution in [2.75, 3.05) is 20.3 Å². The molecule has 0 spiro atoms. The minimum atomic E-state index is 0. The lowest BCUT2D eigenvalue weighted by Gasteiger charge is -2.05. The van der Waals surface area contributed by atoms with Crippen LogP contribution in [0, 0.1) is 0 Å². The molecule has 0 aliphatic heterocycles. The third-order valence-electron chi connectivity index (χ3n) is 1.71. The van der Waals surface area contributed by atoms with E-state index in [-0.39, 0.29) is 29.9 Å². The maximum atomic E-state index is 5.38. The van der Waals surface area contributed by atoms with E-state index in [1.165, 1.54) is 0 Å². The summed E-state index contributed by atoms with van der Waals surface area (Å²) in [5.41, 5.74) is 10.3. The highest BCUT2D eigenvalue weighted by Gasteiger charge is 1.94. The van der Waals surface area contributed by atoms with E-state index in [2.05, 4.69) is 4.99 Å². The van der Waals surface area contributed by atoms with Crippen molar-refractivity contribution < 1.29 is 9.47 Å². The molecule has 90 valence electrons. The van der Waals surface area contributed by atoms with Gasteiger partial charge in [-0.15, -0.1) is 24.0 Å². The van der Waals surface area contributed by atoms with Gasteiger partial charge in [-0.05, 0) is 24.3 Å². The van der Waals surface area contributed by atoms with Crippen molar-refractivity contribution in [2.24, 2.45) is 16.5 Å². The molecule has 0 heterocycles. The van der Waals surface area contributed by atoms with Crippen LogP contribution in [0.25, 0.3) is 0 Å². The fraction of sp³-hybridized carbons (Fsp3) is 0.300.